The largest absolute Gasteiger partial charge is 0.408 e. The summed E-state index contributed by atoms with van der Waals surface area (Å²) in [6.45, 7) is 4.75. The summed E-state index contributed by atoms with van der Waals surface area (Å²) < 4.78 is 67.8. The van der Waals surface area contributed by atoms with Crippen LogP contribution in [0.15, 0.2) is 12.3 Å². The molecular formula is C23H28F5N5O3S. The van der Waals surface area contributed by atoms with E-state index in [0.717, 1.165) is 25.1 Å². The van der Waals surface area contributed by atoms with Gasteiger partial charge in [0.1, 0.15) is 17.6 Å². The lowest BCUT2D eigenvalue weighted by Gasteiger charge is -2.22. The molecule has 0 saturated carbocycles. The van der Waals surface area contributed by atoms with Gasteiger partial charge in [-0.25, -0.2) is 18.7 Å². The van der Waals surface area contributed by atoms with Gasteiger partial charge in [0.25, 0.3) is 18.2 Å². The van der Waals surface area contributed by atoms with Crippen LogP contribution in [0.2, 0.25) is 0 Å². The summed E-state index contributed by atoms with van der Waals surface area (Å²) in [4.78, 5) is 35.6. The number of aliphatic hydroxyl groups excluding tert-OH is 1. The number of pyridine rings is 1. The van der Waals surface area contributed by atoms with Crippen molar-refractivity contribution in [2.45, 2.75) is 70.8 Å². The van der Waals surface area contributed by atoms with Crippen LogP contribution < -0.4 is 10.6 Å². The molecule has 3 rings (SSSR count). The predicted octanol–water partition coefficient (Wildman–Crippen LogP) is 4.63. The highest BCUT2D eigenvalue weighted by atomic mass is 32.1. The Bertz CT molecular complexity index is 1130. The molecule has 1 aliphatic rings. The highest BCUT2D eigenvalue weighted by Gasteiger charge is 2.39. The van der Waals surface area contributed by atoms with Crippen LogP contribution in [0.25, 0.3) is 10.4 Å². The van der Waals surface area contributed by atoms with E-state index in [1.165, 1.54) is 11.8 Å². The number of hydrogen-bond donors (Lipinski definition) is 3. The maximum Gasteiger partial charge on any atom is 0.408 e. The number of rotatable bonds is 9. The zero-order valence-electron chi connectivity index (χ0n) is 20.4. The van der Waals surface area contributed by atoms with E-state index in [0.29, 0.717) is 17.9 Å². The molecule has 0 aromatic carbocycles. The average molecular weight is 550 g/mol. The third-order valence-electron chi connectivity index (χ3n) is 6.03. The number of thiazole rings is 1. The van der Waals surface area contributed by atoms with Gasteiger partial charge in [0.05, 0.1) is 11.5 Å². The third kappa shape index (κ3) is 6.53. The number of anilines is 1. The van der Waals surface area contributed by atoms with E-state index in [-0.39, 0.29) is 40.2 Å². The van der Waals surface area contributed by atoms with Gasteiger partial charge < -0.3 is 20.6 Å². The molecule has 14 heteroatoms. The fourth-order valence-corrected chi connectivity index (χ4v) is 4.95. The van der Waals surface area contributed by atoms with Crippen LogP contribution in [0.3, 0.4) is 0 Å². The number of alkyl halides is 5. The van der Waals surface area contributed by atoms with Crippen LogP contribution in [0.5, 0.6) is 0 Å². The molecule has 3 heterocycles. The number of hydrogen-bond acceptors (Lipinski definition) is 7. The van der Waals surface area contributed by atoms with E-state index >= 15 is 0 Å². The van der Waals surface area contributed by atoms with Crippen molar-refractivity contribution < 1.29 is 36.6 Å². The average Bonchev–Trinajstić information content (AvgIpc) is 3.47. The summed E-state index contributed by atoms with van der Waals surface area (Å²) in [5.41, 5.74) is -1.08. The Morgan fingerprint density at radius 2 is 2.03 bits per heavy atom. The van der Waals surface area contributed by atoms with Crippen molar-refractivity contribution in [3.8, 4) is 10.4 Å². The van der Waals surface area contributed by atoms with Gasteiger partial charge in [-0.15, -0.1) is 11.3 Å². The summed E-state index contributed by atoms with van der Waals surface area (Å²) in [5.74, 6) is -1.65. The lowest BCUT2D eigenvalue weighted by Crippen LogP contribution is -2.36. The number of nitrogens with one attached hydrogen (secondary N) is 2. The molecule has 0 spiro atoms. The van der Waals surface area contributed by atoms with Crippen LogP contribution in [0.4, 0.5) is 27.8 Å². The van der Waals surface area contributed by atoms with Gasteiger partial charge in [0, 0.05) is 36.0 Å². The minimum atomic E-state index is -4.61. The summed E-state index contributed by atoms with van der Waals surface area (Å²) in [7, 11) is 0. The SMILES string of the molecule is CC[C@@H](Nc1cc(C(F)F)c(-c2sc(C(=O)N[C@H](C)CO)nc2C(=O)N2CCC[C@@H]2C)cn1)C(F)(F)F. The molecule has 0 unspecified atom stereocenters. The van der Waals surface area contributed by atoms with Crippen LogP contribution in [-0.2, 0) is 0 Å². The first-order valence-electron chi connectivity index (χ1n) is 11.7. The maximum atomic E-state index is 14.1. The third-order valence-corrected chi connectivity index (χ3v) is 7.12. The molecule has 37 heavy (non-hydrogen) atoms. The number of aromatic nitrogens is 2. The molecule has 8 nitrogen and oxygen atoms in total. The Morgan fingerprint density at radius 3 is 2.57 bits per heavy atom. The Kier molecular flexibility index (Phi) is 9.05. The Labute approximate surface area is 214 Å². The van der Waals surface area contributed by atoms with Crippen molar-refractivity contribution in [2.75, 3.05) is 18.5 Å². The van der Waals surface area contributed by atoms with Crippen molar-refractivity contribution in [2.24, 2.45) is 0 Å². The molecule has 0 aliphatic carbocycles. The van der Waals surface area contributed by atoms with E-state index < -0.39 is 47.9 Å². The minimum absolute atomic E-state index is 0.0388. The predicted molar refractivity (Wildman–Crippen MR) is 128 cm³/mol. The van der Waals surface area contributed by atoms with Gasteiger partial charge in [-0.1, -0.05) is 6.92 Å². The smallest absolute Gasteiger partial charge is 0.394 e. The Morgan fingerprint density at radius 1 is 1.32 bits per heavy atom. The van der Waals surface area contributed by atoms with Crippen molar-refractivity contribution in [3.63, 3.8) is 0 Å². The molecule has 2 amide bonds. The molecule has 3 atom stereocenters. The van der Waals surface area contributed by atoms with Crippen molar-refractivity contribution in [1.82, 2.24) is 20.2 Å². The van der Waals surface area contributed by atoms with Crippen LogP contribution in [-0.4, -0.2) is 69.2 Å². The fraction of sp³-hybridized carbons (Fsp3) is 0.565. The molecule has 3 N–H and O–H groups in total. The van der Waals surface area contributed by atoms with Gasteiger partial charge in [-0.05, 0) is 39.2 Å². The number of halogens is 5. The van der Waals surface area contributed by atoms with E-state index in [2.05, 4.69) is 20.6 Å². The summed E-state index contributed by atoms with van der Waals surface area (Å²) in [6.07, 6.45) is -5.62. The van der Waals surface area contributed by atoms with Crippen molar-refractivity contribution in [1.29, 1.82) is 0 Å². The topological polar surface area (TPSA) is 107 Å². The van der Waals surface area contributed by atoms with E-state index in [4.69, 9.17) is 0 Å². The molecule has 0 bridgehead atoms. The molecule has 1 saturated heterocycles. The van der Waals surface area contributed by atoms with Gasteiger partial charge in [-0.2, -0.15) is 13.2 Å². The number of nitrogens with zero attached hydrogens (tertiary/aromatic N) is 3. The standard InChI is InChI=1S/C23H28F5N5O3S/c1-4-15(23(26,27)28)31-16-8-13(19(24)25)14(9-29-16)18-17(22(36)33-7-5-6-12(33)3)32-21(37-18)20(35)30-11(2)10-34/h8-9,11-12,15,19,34H,4-7,10H2,1-3H3,(H,29,31)(H,30,35)/t11-,12+,15-/m1/s1. The van der Waals surface area contributed by atoms with Crippen LogP contribution in [0.1, 0.15) is 72.3 Å². The minimum Gasteiger partial charge on any atom is -0.394 e. The van der Waals surface area contributed by atoms with Crippen molar-refractivity contribution in [3.05, 3.63) is 28.5 Å². The number of carbonyl (C=O) groups excluding carboxylic acids is 2. The van der Waals surface area contributed by atoms with Gasteiger partial charge in [0.2, 0.25) is 0 Å². The number of aliphatic hydroxyl groups is 1. The molecule has 2 aromatic heterocycles. The van der Waals surface area contributed by atoms with E-state index in [1.807, 2.05) is 6.92 Å². The summed E-state index contributed by atoms with van der Waals surface area (Å²) in [6, 6.07) is -1.92. The lowest BCUT2D eigenvalue weighted by molar-refractivity contribution is -0.142. The number of likely N-dealkylation sites (tertiary alicyclic amines) is 1. The summed E-state index contributed by atoms with van der Waals surface area (Å²) >= 11 is 0.696. The van der Waals surface area contributed by atoms with E-state index in [9.17, 15) is 36.6 Å². The first kappa shape index (κ1) is 28.7. The quantitative estimate of drug-likeness (QED) is 0.394. The lowest BCUT2D eigenvalue weighted by atomic mass is 10.1. The number of amides is 2. The monoisotopic (exact) mass is 549 g/mol. The highest BCUT2D eigenvalue weighted by Crippen LogP contribution is 2.39. The van der Waals surface area contributed by atoms with Crippen LogP contribution in [0, 0.1) is 0 Å². The zero-order valence-corrected chi connectivity index (χ0v) is 21.2. The Hall–Kier alpha value is -2.87. The normalized spacial score (nSPS) is 17.7. The summed E-state index contributed by atoms with van der Waals surface area (Å²) in [5, 5.41) is 13.7. The second-order valence-electron chi connectivity index (χ2n) is 8.85. The molecule has 1 aliphatic heterocycles. The van der Waals surface area contributed by atoms with Gasteiger partial charge in [-0.3, -0.25) is 9.59 Å². The van der Waals surface area contributed by atoms with Crippen molar-refractivity contribution >= 4 is 29.0 Å². The fourth-order valence-electron chi connectivity index (χ4n) is 3.96. The molecule has 0 radical (unpaired) electrons. The van der Waals surface area contributed by atoms with E-state index in [1.54, 1.807) is 6.92 Å². The molecule has 2 aromatic rings. The molecule has 204 valence electrons. The first-order chi connectivity index (χ1) is 17.4. The van der Waals surface area contributed by atoms with Gasteiger partial charge in [0.15, 0.2) is 5.01 Å². The second-order valence-corrected chi connectivity index (χ2v) is 9.85. The maximum absolute atomic E-state index is 14.1. The highest BCUT2D eigenvalue weighted by molar-refractivity contribution is 7.17. The number of carbonyl (C=O) groups is 2. The van der Waals surface area contributed by atoms with Gasteiger partial charge >= 0.3 is 6.18 Å². The van der Waals surface area contributed by atoms with Crippen LogP contribution >= 0.6 is 11.3 Å². The molecular weight excluding hydrogens is 521 g/mol. The zero-order chi connectivity index (χ0) is 27.5. The first-order valence-corrected chi connectivity index (χ1v) is 12.5. The second kappa shape index (κ2) is 11.7. The Balaban J connectivity index is 2.09. The molecule has 1 fully saturated rings.